The highest BCUT2D eigenvalue weighted by Crippen LogP contribution is 2.23. The van der Waals surface area contributed by atoms with Gasteiger partial charge in [0, 0.05) is 16.4 Å². The van der Waals surface area contributed by atoms with Crippen molar-refractivity contribution in [1.29, 1.82) is 0 Å². The zero-order valence-corrected chi connectivity index (χ0v) is 15.1. The van der Waals surface area contributed by atoms with E-state index in [1.54, 1.807) is 11.3 Å². The number of aliphatic hydroxyl groups excluding tert-OH is 1. The van der Waals surface area contributed by atoms with Crippen LogP contribution in [0.25, 0.3) is 11.3 Å². The van der Waals surface area contributed by atoms with E-state index in [0.29, 0.717) is 6.54 Å². The number of thiazole rings is 1. The minimum Gasteiger partial charge on any atom is -0.395 e. The smallest absolute Gasteiger partial charge is 0.190 e. The Kier molecular flexibility index (Phi) is 5.10. The SMILES string of the molecule is Cc1ccccc1N=c1scc(-c2ccc(Br)cc2)n1CCO. The number of nitrogens with zero attached hydrogens (tertiary/aromatic N) is 2. The fourth-order valence-electron chi connectivity index (χ4n) is 2.38. The predicted octanol–water partition coefficient (Wildman–Crippen LogP) is 4.51. The Balaban J connectivity index is 2.12. The minimum atomic E-state index is 0.0845. The number of halogens is 1. The van der Waals surface area contributed by atoms with Gasteiger partial charge in [-0.15, -0.1) is 11.3 Å². The quantitative estimate of drug-likeness (QED) is 0.701. The molecule has 0 unspecified atom stereocenters. The summed E-state index contributed by atoms with van der Waals surface area (Å²) in [6.45, 7) is 2.67. The average molecular weight is 389 g/mol. The maximum absolute atomic E-state index is 9.43. The lowest BCUT2D eigenvalue weighted by Crippen LogP contribution is -2.17. The highest BCUT2D eigenvalue weighted by atomic mass is 79.9. The Morgan fingerprint density at radius 1 is 1.13 bits per heavy atom. The van der Waals surface area contributed by atoms with E-state index in [0.717, 1.165) is 31.8 Å². The Morgan fingerprint density at radius 3 is 2.57 bits per heavy atom. The summed E-state index contributed by atoms with van der Waals surface area (Å²) in [4.78, 5) is 5.68. The molecule has 0 aliphatic heterocycles. The zero-order valence-electron chi connectivity index (χ0n) is 12.7. The van der Waals surface area contributed by atoms with Crippen LogP contribution < -0.4 is 4.80 Å². The van der Waals surface area contributed by atoms with Gasteiger partial charge in [-0.3, -0.25) is 0 Å². The number of rotatable bonds is 4. The van der Waals surface area contributed by atoms with E-state index in [9.17, 15) is 5.11 Å². The predicted molar refractivity (Wildman–Crippen MR) is 98.9 cm³/mol. The van der Waals surface area contributed by atoms with Gasteiger partial charge in [-0.05, 0) is 36.2 Å². The summed E-state index contributed by atoms with van der Waals surface area (Å²) in [5.74, 6) is 0. The molecule has 0 fully saturated rings. The number of aryl methyl sites for hydroxylation is 1. The molecule has 0 amide bonds. The lowest BCUT2D eigenvalue weighted by molar-refractivity contribution is 0.275. The molecule has 0 radical (unpaired) electrons. The Labute approximate surface area is 147 Å². The van der Waals surface area contributed by atoms with E-state index >= 15 is 0 Å². The van der Waals surface area contributed by atoms with Crippen LogP contribution in [0.15, 0.2) is 63.4 Å². The second-order valence-corrected chi connectivity index (χ2v) is 6.94. The molecule has 0 spiro atoms. The molecular weight excluding hydrogens is 372 g/mol. The third kappa shape index (κ3) is 3.63. The van der Waals surface area contributed by atoms with Gasteiger partial charge in [-0.1, -0.05) is 46.3 Å². The molecule has 0 bridgehead atoms. The molecule has 3 nitrogen and oxygen atoms in total. The first-order valence-electron chi connectivity index (χ1n) is 7.34. The molecule has 0 aliphatic carbocycles. The van der Waals surface area contributed by atoms with Crippen molar-refractivity contribution >= 4 is 33.0 Å². The Bertz CT molecular complexity index is 865. The normalized spacial score (nSPS) is 11.9. The fraction of sp³-hybridized carbons (Fsp3) is 0.167. The van der Waals surface area contributed by atoms with Crippen LogP contribution in [-0.2, 0) is 6.54 Å². The van der Waals surface area contributed by atoms with E-state index in [-0.39, 0.29) is 6.61 Å². The lowest BCUT2D eigenvalue weighted by Gasteiger charge is -2.08. The van der Waals surface area contributed by atoms with Gasteiger partial charge in [0.25, 0.3) is 0 Å². The van der Waals surface area contributed by atoms with Gasteiger partial charge in [0.2, 0.25) is 0 Å². The molecule has 3 rings (SSSR count). The van der Waals surface area contributed by atoms with Crippen LogP contribution in [0.2, 0.25) is 0 Å². The molecule has 0 saturated heterocycles. The van der Waals surface area contributed by atoms with Gasteiger partial charge in [0.15, 0.2) is 4.80 Å². The van der Waals surface area contributed by atoms with Crippen molar-refractivity contribution in [2.24, 2.45) is 4.99 Å². The molecule has 0 saturated carbocycles. The summed E-state index contributed by atoms with van der Waals surface area (Å²) in [5.41, 5.74) is 4.29. The number of hydrogen-bond acceptors (Lipinski definition) is 3. The first-order valence-corrected chi connectivity index (χ1v) is 9.02. The molecule has 1 aromatic heterocycles. The topological polar surface area (TPSA) is 37.5 Å². The van der Waals surface area contributed by atoms with Crippen molar-refractivity contribution in [3.05, 3.63) is 68.7 Å². The summed E-state index contributed by atoms with van der Waals surface area (Å²) in [6.07, 6.45) is 0. The monoisotopic (exact) mass is 388 g/mol. The van der Waals surface area contributed by atoms with Crippen molar-refractivity contribution in [2.75, 3.05) is 6.61 Å². The number of aliphatic hydroxyl groups is 1. The first kappa shape index (κ1) is 16.2. The van der Waals surface area contributed by atoms with Crippen LogP contribution in [0.3, 0.4) is 0 Å². The van der Waals surface area contributed by atoms with Gasteiger partial charge in [0.05, 0.1) is 18.0 Å². The largest absolute Gasteiger partial charge is 0.395 e. The first-order chi connectivity index (χ1) is 11.2. The van der Waals surface area contributed by atoms with Gasteiger partial charge in [-0.2, -0.15) is 0 Å². The van der Waals surface area contributed by atoms with E-state index in [1.165, 1.54) is 0 Å². The van der Waals surface area contributed by atoms with Crippen molar-refractivity contribution in [1.82, 2.24) is 4.57 Å². The van der Waals surface area contributed by atoms with Gasteiger partial charge in [-0.25, -0.2) is 4.99 Å². The molecule has 5 heteroatoms. The molecule has 1 N–H and O–H groups in total. The summed E-state index contributed by atoms with van der Waals surface area (Å²) in [7, 11) is 0. The molecule has 118 valence electrons. The number of aromatic nitrogens is 1. The molecule has 1 heterocycles. The third-order valence-corrected chi connectivity index (χ3v) is 4.99. The van der Waals surface area contributed by atoms with Gasteiger partial charge < -0.3 is 9.67 Å². The summed E-state index contributed by atoms with van der Waals surface area (Å²) >= 11 is 5.05. The highest BCUT2D eigenvalue weighted by molar-refractivity contribution is 9.10. The van der Waals surface area contributed by atoms with E-state index < -0.39 is 0 Å². The van der Waals surface area contributed by atoms with Gasteiger partial charge >= 0.3 is 0 Å². The lowest BCUT2D eigenvalue weighted by atomic mass is 10.2. The van der Waals surface area contributed by atoms with Gasteiger partial charge in [0.1, 0.15) is 0 Å². The molecule has 0 aliphatic rings. The van der Waals surface area contributed by atoms with Crippen molar-refractivity contribution < 1.29 is 5.11 Å². The van der Waals surface area contributed by atoms with Crippen LogP contribution in [0.4, 0.5) is 5.69 Å². The maximum atomic E-state index is 9.43. The second kappa shape index (κ2) is 7.25. The fourth-order valence-corrected chi connectivity index (χ4v) is 3.59. The van der Waals surface area contributed by atoms with Crippen LogP contribution in [0.1, 0.15) is 5.56 Å². The minimum absolute atomic E-state index is 0.0845. The van der Waals surface area contributed by atoms with Crippen molar-refractivity contribution in [2.45, 2.75) is 13.5 Å². The Hall–Kier alpha value is -1.69. The second-order valence-electron chi connectivity index (χ2n) is 5.18. The molecule has 23 heavy (non-hydrogen) atoms. The standard InChI is InChI=1S/C18H17BrN2OS/c1-13-4-2-3-5-16(13)20-18-21(10-11-22)17(12-23-18)14-6-8-15(19)9-7-14/h2-9,12,22H,10-11H2,1H3. The summed E-state index contributed by atoms with van der Waals surface area (Å²) in [6, 6.07) is 16.2. The highest BCUT2D eigenvalue weighted by Gasteiger charge is 2.08. The van der Waals surface area contributed by atoms with Crippen molar-refractivity contribution in [3.63, 3.8) is 0 Å². The van der Waals surface area contributed by atoms with Crippen LogP contribution in [0.5, 0.6) is 0 Å². The van der Waals surface area contributed by atoms with Crippen LogP contribution in [0, 0.1) is 6.92 Å². The van der Waals surface area contributed by atoms with Crippen LogP contribution >= 0.6 is 27.3 Å². The molecule has 2 aromatic carbocycles. The molecule has 3 aromatic rings. The van der Waals surface area contributed by atoms with Crippen molar-refractivity contribution in [3.8, 4) is 11.3 Å². The summed E-state index contributed by atoms with van der Waals surface area (Å²) < 4.78 is 3.12. The zero-order chi connectivity index (χ0) is 16.2. The molecule has 0 atom stereocenters. The third-order valence-electron chi connectivity index (χ3n) is 3.59. The maximum Gasteiger partial charge on any atom is 0.190 e. The van der Waals surface area contributed by atoms with E-state index in [1.807, 2.05) is 30.3 Å². The number of benzene rings is 2. The number of para-hydroxylation sites is 1. The average Bonchev–Trinajstić information content (AvgIpc) is 2.94. The summed E-state index contributed by atoms with van der Waals surface area (Å²) in [5, 5.41) is 11.5. The number of hydrogen-bond donors (Lipinski definition) is 1. The van der Waals surface area contributed by atoms with Crippen LogP contribution in [-0.4, -0.2) is 16.3 Å². The van der Waals surface area contributed by atoms with E-state index in [4.69, 9.17) is 4.99 Å². The molecular formula is C18H17BrN2OS. The Morgan fingerprint density at radius 2 is 1.87 bits per heavy atom. The van der Waals surface area contributed by atoms with E-state index in [2.05, 4.69) is 51.0 Å².